The van der Waals surface area contributed by atoms with Crippen LogP contribution in [-0.2, 0) is 6.54 Å². The average molecular weight is 328 g/mol. The fourth-order valence-corrected chi connectivity index (χ4v) is 2.60. The topological polar surface area (TPSA) is 29.1 Å². The molecule has 94 valence electrons. The van der Waals surface area contributed by atoms with E-state index in [2.05, 4.69) is 21.2 Å². The van der Waals surface area contributed by atoms with Gasteiger partial charge in [-0.1, -0.05) is 12.1 Å². The number of rotatable bonds is 3. The lowest BCUT2D eigenvalue weighted by molar-refractivity contribution is 0.0951. The van der Waals surface area contributed by atoms with Gasteiger partial charge >= 0.3 is 0 Å². The van der Waals surface area contributed by atoms with Crippen molar-refractivity contribution in [1.82, 2.24) is 5.32 Å². The van der Waals surface area contributed by atoms with E-state index in [1.165, 1.54) is 17.4 Å². The van der Waals surface area contributed by atoms with Crippen LogP contribution < -0.4 is 5.32 Å². The number of carbonyl (C=O) groups is 1. The fourth-order valence-electron chi connectivity index (χ4n) is 1.46. The molecule has 2 rings (SSSR count). The minimum absolute atomic E-state index is 0.155. The van der Waals surface area contributed by atoms with Crippen molar-refractivity contribution in [3.63, 3.8) is 0 Å². The Morgan fingerprint density at radius 3 is 2.83 bits per heavy atom. The summed E-state index contributed by atoms with van der Waals surface area (Å²) in [7, 11) is 0. The van der Waals surface area contributed by atoms with Crippen LogP contribution in [0.1, 0.15) is 21.5 Å². The van der Waals surface area contributed by atoms with E-state index >= 15 is 0 Å². The molecule has 0 bridgehead atoms. The van der Waals surface area contributed by atoms with Gasteiger partial charge in [0.2, 0.25) is 0 Å². The molecule has 0 saturated heterocycles. The maximum absolute atomic E-state index is 13.3. The molecule has 1 amide bonds. The highest BCUT2D eigenvalue weighted by atomic mass is 79.9. The summed E-state index contributed by atoms with van der Waals surface area (Å²) >= 11 is 4.76. The Labute approximate surface area is 117 Å². The number of amides is 1. The number of aryl methyl sites for hydroxylation is 1. The van der Waals surface area contributed by atoms with E-state index in [1.807, 2.05) is 6.07 Å². The zero-order chi connectivity index (χ0) is 13.1. The second kappa shape index (κ2) is 5.63. The zero-order valence-electron chi connectivity index (χ0n) is 9.67. The van der Waals surface area contributed by atoms with Crippen LogP contribution in [0.15, 0.2) is 33.4 Å². The van der Waals surface area contributed by atoms with Gasteiger partial charge in [0.25, 0.3) is 5.91 Å². The summed E-state index contributed by atoms with van der Waals surface area (Å²) in [6.07, 6.45) is 0. The second-order valence-corrected chi connectivity index (χ2v) is 6.20. The third kappa shape index (κ3) is 3.17. The first-order valence-corrected chi connectivity index (χ1v) is 7.01. The van der Waals surface area contributed by atoms with E-state index in [1.54, 1.807) is 24.4 Å². The summed E-state index contributed by atoms with van der Waals surface area (Å²) in [6.45, 7) is 2.03. The number of carbonyl (C=O) groups excluding carboxylic acids is 1. The number of benzene rings is 1. The monoisotopic (exact) mass is 327 g/mol. The highest BCUT2D eigenvalue weighted by Gasteiger charge is 2.07. The molecular weight excluding hydrogens is 317 g/mol. The molecule has 0 unspecified atom stereocenters. The van der Waals surface area contributed by atoms with Gasteiger partial charge in [-0.25, -0.2) is 4.39 Å². The van der Waals surface area contributed by atoms with E-state index in [0.29, 0.717) is 17.7 Å². The van der Waals surface area contributed by atoms with Gasteiger partial charge in [0, 0.05) is 11.9 Å². The lowest BCUT2D eigenvalue weighted by Crippen LogP contribution is -2.22. The van der Waals surface area contributed by atoms with Crippen LogP contribution in [0.25, 0.3) is 0 Å². The summed E-state index contributed by atoms with van der Waals surface area (Å²) in [6, 6.07) is 6.72. The molecule has 18 heavy (non-hydrogen) atoms. The zero-order valence-corrected chi connectivity index (χ0v) is 12.1. The first-order valence-electron chi connectivity index (χ1n) is 5.33. The van der Waals surface area contributed by atoms with Crippen molar-refractivity contribution in [1.29, 1.82) is 0 Å². The molecular formula is C13H11BrFNOS. The SMILES string of the molecule is Cc1ccc(CNC(=O)c2csc(Br)c2)cc1F. The molecule has 0 aliphatic carbocycles. The van der Waals surface area contributed by atoms with Crippen LogP contribution in [0.2, 0.25) is 0 Å². The molecule has 1 aromatic heterocycles. The van der Waals surface area contributed by atoms with Crippen LogP contribution in [0.5, 0.6) is 0 Å². The number of hydrogen-bond acceptors (Lipinski definition) is 2. The predicted molar refractivity (Wildman–Crippen MR) is 74.3 cm³/mol. The molecule has 0 aliphatic rings. The van der Waals surface area contributed by atoms with Crippen molar-refractivity contribution in [3.8, 4) is 0 Å². The average Bonchev–Trinajstić information content (AvgIpc) is 2.77. The van der Waals surface area contributed by atoms with Gasteiger partial charge in [0.15, 0.2) is 0 Å². The van der Waals surface area contributed by atoms with E-state index in [0.717, 1.165) is 9.35 Å². The molecule has 0 saturated carbocycles. The van der Waals surface area contributed by atoms with Gasteiger partial charge < -0.3 is 5.32 Å². The molecule has 5 heteroatoms. The van der Waals surface area contributed by atoms with Gasteiger partial charge in [0.05, 0.1) is 9.35 Å². The van der Waals surface area contributed by atoms with Gasteiger partial charge in [-0.2, -0.15) is 0 Å². The lowest BCUT2D eigenvalue weighted by atomic mass is 10.1. The molecule has 1 N–H and O–H groups in total. The molecule has 2 nitrogen and oxygen atoms in total. The van der Waals surface area contributed by atoms with Gasteiger partial charge in [0.1, 0.15) is 5.82 Å². The quantitative estimate of drug-likeness (QED) is 0.910. The van der Waals surface area contributed by atoms with Crippen molar-refractivity contribution in [3.05, 3.63) is 55.9 Å². The highest BCUT2D eigenvalue weighted by Crippen LogP contribution is 2.20. The Kier molecular flexibility index (Phi) is 4.14. The lowest BCUT2D eigenvalue weighted by Gasteiger charge is -2.05. The molecule has 2 aromatic rings. The molecule has 0 atom stereocenters. The number of halogens is 2. The molecule has 0 radical (unpaired) electrons. The Bertz CT molecular complexity index is 582. The van der Waals surface area contributed by atoms with Crippen molar-refractivity contribution < 1.29 is 9.18 Å². The second-order valence-electron chi connectivity index (χ2n) is 3.91. The van der Waals surface area contributed by atoms with Crippen LogP contribution in [0.3, 0.4) is 0 Å². The summed E-state index contributed by atoms with van der Waals surface area (Å²) < 4.78 is 14.2. The first kappa shape index (κ1) is 13.2. The number of thiophene rings is 1. The minimum Gasteiger partial charge on any atom is -0.348 e. The summed E-state index contributed by atoms with van der Waals surface area (Å²) in [5, 5.41) is 4.53. The molecule has 0 fully saturated rings. The largest absolute Gasteiger partial charge is 0.348 e. The smallest absolute Gasteiger partial charge is 0.252 e. The molecule has 0 spiro atoms. The van der Waals surface area contributed by atoms with Crippen LogP contribution in [0.4, 0.5) is 4.39 Å². The van der Waals surface area contributed by atoms with E-state index in [9.17, 15) is 9.18 Å². The Morgan fingerprint density at radius 2 is 2.22 bits per heavy atom. The number of hydrogen-bond donors (Lipinski definition) is 1. The van der Waals surface area contributed by atoms with E-state index in [4.69, 9.17) is 0 Å². The summed E-state index contributed by atoms with van der Waals surface area (Å²) in [5.41, 5.74) is 1.96. The van der Waals surface area contributed by atoms with Crippen molar-refractivity contribution in [2.24, 2.45) is 0 Å². The normalized spacial score (nSPS) is 10.4. The third-order valence-corrected chi connectivity index (χ3v) is 4.02. The van der Waals surface area contributed by atoms with E-state index in [-0.39, 0.29) is 11.7 Å². The fraction of sp³-hybridized carbons (Fsp3) is 0.154. The van der Waals surface area contributed by atoms with Crippen LogP contribution in [0, 0.1) is 12.7 Å². The van der Waals surface area contributed by atoms with E-state index < -0.39 is 0 Å². The van der Waals surface area contributed by atoms with Crippen LogP contribution >= 0.6 is 27.3 Å². The summed E-state index contributed by atoms with van der Waals surface area (Å²) in [5.74, 6) is -0.405. The maximum Gasteiger partial charge on any atom is 0.252 e. The molecule has 1 aromatic carbocycles. The van der Waals surface area contributed by atoms with Crippen molar-refractivity contribution >= 4 is 33.2 Å². The Balaban J connectivity index is 1.99. The van der Waals surface area contributed by atoms with Crippen molar-refractivity contribution in [2.75, 3.05) is 0 Å². The Morgan fingerprint density at radius 1 is 1.44 bits per heavy atom. The maximum atomic E-state index is 13.3. The summed E-state index contributed by atoms with van der Waals surface area (Å²) in [4.78, 5) is 11.8. The van der Waals surface area contributed by atoms with Gasteiger partial charge in [-0.05, 0) is 46.1 Å². The number of nitrogens with one attached hydrogen (secondary N) is 1. The minimum atomic E-state index is -0.250. The predicted octanol–water partition coefficient (Wildman–Crippen LogP) is 3.89. The van der Waals surface area contributed by atoms with Crippen molar-refractivity contribution in [2.45, 2.75) is 13.5 Å². The van der Waals surface area contributed by atoms with Gasteiger partial charge in [-0.15, -0.1) is 11.3 Å². The Hall–Kier alpha value is -1.20. The standard InChI is InChI=1S/C13H11BrFNOS/c1-8-2-3-9(4-11(8)15)6-16-13(17)10-5-12(14)18-7-10/h2-5,7H,6H2,1H3,(H,16,17). The molecule has 0 aliphatic heterocycles. The molecule has 1 heterocycles. The highest BCUT2D eigenvalue weighted by molar-refractivity contribution is 9.11. The third-order valence-electron chi connectivity index (χ3n) is 2.52. The van der Waals surface area contributed by atoms with Gasteiger partial charge in [-0.3, -0.25) is 4.79 Å². The first-order chi connectivity index (χ1) is 8.56. The van der Waals surface area contributed by atoms with Crippen LogP contribution in [-0.4, -0.2) is 5.91 Å².